The Kier molecular flexibility index (Phi) is 33.3. The molecule has 0 aliphatic carbocycles. The van der Waals surface area contributed by atoms with Gasteiger partial charge >= 0.3 is 0 Å². The lowest BCUT2D eigenvalue weighted by Gasteiger charge is -2.09. The van der Waals surface area contributed by atoms with Crippen molar-refractivity contribution in [3.8, 4) is 0 Å². The zero-order valence-electron chi connectivity index (χ0n) is 28.0. The predicted molar refractivity (Wildman–Crippen MR) is 174 cm³/mol. The highest BCUT2D eigenvalue weighted by molar-refractivity contribution is 5.80. The van der Waals surface area contributed by atoms with E-state index in [1.54, 1.807) is 0 Å². The number of nitrogens with one attached hydrogen (secondary N) is 1. The van der Waals surface area contributed by atoms with E-state index in [1.165, 1.54) is 11.1 Å². The SMILES string of the molecule is CC.Cc1ccc(CCCC(=O)NCCOCCOCCOCCOCCOCCOCCOCCOCCC(=O)CN)cc1. The molecule has 0 aliphatic rings. The number of rotatable bonds is 32. The number of ketones is 1. The first kappa shape index (κ1) is 43.0. The lowest BCUT2D eigenvalue weighted by molar-refractivity contribution is -0.121. The third kappa shape index (κ3) is 31.8. The number of carbonyl (C=O) groups excluding carboxylic acids is 2. The summed E-state index contributed by atoms with van der Waals surface area (Å²) < 4.78 is 43.4. The third-order valence-electron chi connectivity index (χ3n) is 5.92. The smallest absolute Gasteiger partial charge is 0.220 e. The molecular formula is C33H60N2O10. The van der Waals surface area contributed by atoms with Crippen LogP contribution in [0.15, 0.2) is 24.3 Å². The molecule has 3 N–H and O–H groups in total. The minimum atomic E-state index is -0.00900. The van der Waals surface area contributed by atoms with Crippen LogP contribution in [0.4, 0.5) is 0 Å². The Hall–Kier alpha value is -2.00. The number of amides is 1. The van der Waals surface area contributed by atoms with Gasteiger partial charge < -0.3 is 48.9 Å². The summed E-state index contributed by atoms with van der Waals surface area (Å²) in [7, 11) is 0. The van der Waals surface area contributed by atoms with E-state index < -0.39 is 0 Å². The fourth-order valence-electron chi connectivity index (χ4n) is 3.49. The van der Waals surface area contributed by atoms with Crippen LogP contribution in [0.25, 0.3) is 0 Å². The number of aryl methyl sites for hydroxylation is 2. The highest BCUT2D eigenvalue weighted by Crippen LogP contribution is 2.07. The Morgan fingerprint density at radius 3 is 1.36 bits per heavy atom. The van der Waals surface area contributed by atoms with Gasteiger partial charge in [-0.1, -0.05) is 43.7 Å². The molecule has 1 rings (SSSR count). The van der Waals surface area contributed by atoms with E-state index in [0.717, 1.165) is 12.8 Å². The van der Waals surface area contributed by atoms with Gasteiger partial charge in [0.1, 0.15) is 5.78 Å². The molecule has 12 nitrogen and oxygen atoms in total. The molecule has 0 atom stereocenters. The molecule has 0 radical (unpaired) electrons. The molecule has 0 saturated carbocycles. The van der Waals surface area contributed by atoms with Gasteiger partial charge in [0, 0.05) is 19.4 Å². The van der Waals surface area contributed by atoms with Crippen molar-refractivity contribution in [2.24, 2.45) is 5.73 Å². The highest BCUT2D eigenvalue weighted by atomic mass is 16.6. The fourth-order valence-corrected chi connectivity index (χ4v) is 3.49. The van der Waals surface area contributed by atoms with Crippen LogP contribution in [0.3, 0.4) is 0 Å². The van der Waals surface area contributed by atoms with Gasteiger partial charge in [0.2, 0.25) is 5.91 Å². The molecule has 0 unspecified atom stereocenters. The Labute approximate surface area is 270 Å². The van der Waals surface area contributed by atoms with Crippen molar-refractivity contribution in [2.45, 2.75) is 46.5 Å². The van der Waals surface area contributed by atoms with Crippen molar-refractivity contribution >= 4 is 11.7 Å². The number of hydrogen-bond donors (Lipinski definition) is 2. The molecule has 0 fully saturated rings. The molecule has 1 aromatic carbocycles. The molecule has 45 heavy (non-hydrogen) atoms. The van der Waals surface area contributed by atoms with Crippen LogP contribution in [0.5, 0.6) is 0 Å². The Balaban J connectivity index is 0.00000947. The van der Waals surface area contributed by atoms with Crippen molar-refractivity contribution in [1.82, 2.24) is 5.32 Å². The van der Waals surface area contributed by atoms with Crippen LogP contribution in [0, 0.1) is 6.92 Å². The normalized spacial score (nSPS) is 10.8. The molecule has 262 valence electrons. The van der Waals surface area contributed by atoms with Crippen LogP contribution in [-0.2, 0) is 53.9 Å². The predicted octanol–water partition coefficient (Wildman–Crippen LogP) is 2.51. The summed E-state index contributed by atoms with van der Waals surface area (Å²) in [5.41, 5.74) is 7.72. The minimum absolute atomic E-state index is 0.00900. The summed E-state index contributed by atoms with van der Waals surface area (Å²) in [4.78, 5) is 22.9. The maximum absolute atomic E-state index is 11.9. The van der Waals surface area contributed by atoms with E-state index in [9.17, 15) is 9.59 Å². The van der Waals surface area contributed by atoms with Gasteiger partial charge in [0.25, 0.3) is 0 Å². The number of Topliss-reactive ketones (excluding diaryl/α,β-unsaturated/α-hetero) is 1. The Morgan fingerprint density at radius 1 is 0.578 bits per heavy atom. The maximum Gasteiger partial charge on any atom is 0.220 e. The first-order chi connectivity index (χ1) is 22.1. The number of ether oxygens (including phenoxy) is 8. The summed E-state index contributed by atoms with van der Waals surface area (Å²) in [5, 5.41) is 2.88. The van der Waals surface area contributed by atoms with Crippen molar-refractivity contribution in [3.63, 3.8) is 0 Å². The van der Waals surface area contributed by atoms with Gasteiger partial charge in [-0.25, -0.2) is 0 Å². The van der Waals surface area contributed by atoms with E-state index in [4.69, 9.17) is 43.6 Å². The van der Waals surface area contributed by atoms with Gasteiger partial charge in [-0.05, 0) is 25.3 Å². The van der Waals surface area contributed by atoms with E-state index >= 15 is 0 Å². The van der Waals surface area contributed by atoms with Crippen LogP contribution < -0.4 is 11.1 Å². The standard InChI is InChI=1S/C31H54N2O10.C2H6/c1-28-5-7-29(8-6-28)3-2-4-31(35)33-10-12-37-14-16-39-18-20-41-22-24-43-26-25-42-23-21-40-19-17-38-15-13-36-11-9-30(34)27-32;1-2/h5-8H,2-4,9-27,32H2,1H3,(H,33,35);1-2H3. The molecule has 0 saturated heterocycles. The number of hydrogen-bond acceptors (Lipinski definition) is 11. The summed E-state index contributed by atoms with van der Waals surface area (Å²) in [6.07, 6.45) is 2.60. The summed E-state index contributed by atoms with van der Waals surface area (Å²) in [6.45, 7) is 14.2. The average Bonchev–Trinajstić information content (AvgIpc) is 3.06. The Morgan fingerprint density at radius 2 is 0.956 bits per heavy atom. The first-order valence-corrected chi connectivity index (χ1v) is 16.3. The van der Waals surface area contributed by atoms with Gasteiger partial charge in [0.15, 0.2) is 0 Å². The second-order valence-electron chi connectivity index (χ2n) is 9.58. The van der Waals surface area contributed by atoms with Crippen LogP contribution in [0.1, 0.15) is 44.2 Å². The Bertz CT molecular complexity index is 783. The molecule has 1 amide bonds. The third-order valence-corrected chi connectivity index (χ3v) is 5.92. The number of benzene rings is 1. The molecule has 12 heteroatoms. The fraction of sp³-hybridized carbons (Fsp3) is 0.758. The summed E-state index contributed by atoms with van der Waals surface area (Å²) >= 11 is 0. The van der Waals surface area contributed by atoms with E-state index in [-0.39, 0.29) is 18.2 Å². The highest BCUT2D eigenvalue weighted by Gasteiger charge is 2.02. The van der Waals surface area contributed by atoms with Gasteiger partial charge in [-0.3, -0.25) is 9.59 Å². The second kappa shape index (κ2) is 34.9. The van der Waals surface area contributed by atoms with E-state index in [1.807, 2.05) is 13.8 Å². The zero-order valence-corrected chi connectivity index (χ0v) is 28.0. The van der Waals surface area contributed by atoms with Gasteiger partial charge in [-0.15, -0.1) is 0 Å². The average molecular weight is 645 g/mol. The minimum Gasteiger partial charge on any atom is -0.379 e. The number of nitrogens with two attached hydrogens (primary N) is 1. The largest absolute Gasteiger partial charge is 0.379 e. The summed E-state index contributed by atoms with van der Waals surface area (Å²) in [5.74, 6) is 0.0455. The second-order valence-corrected chi connectivity index (χ2v) is 9.58. The molecule has 0 aromatic heterocycles. The lowest BCUT2D eigenvalue weighted by Crippen LogP contribution is -2.27. The van der Waals surface area contributed by atoms with Crippen molar-refractivity contribution in [2.75, 3.05) is 119 Å². The lowest BCUT2D eigenvalue weighted by atomic mass is 10.1. The van der Waals surface area contributed by atoms with Crippen LogP contribution >= 0.6 is 0 Å². The van der Waals surface area contributed by atoms with Crippen molar-refractivity contribution in [1.29, 1.82) is 0 Å². The van der Waals surface area contributed by atoms with E-state index in [2.05, 4.69) is 36.5 Å². The zero-order chi connectivity index (χ0) is 33.1. The summed E-state index contributed by atoms with van der Waals surface area (Å²) in [6, 6.07) is 8.42. The monoisotopic (exact) mass is 644 g/mol. The molecule has 0 heterocycles. The molecule has 0 aliphatic heterocycles. The topological polar surface area (TPSA) is 146 Å². The van der Waals surface area contributed by atoms with E-state index in [0.29, 0.717) is 125 Å². The molecular weight excluding hydrogens is 584 g/mol. The van der Waals surface area contributed by atoms with Crippen molar-refractivity contribution < 1.29 is 47.5 Å². The quantitative estimate of drug-likeness (QED) is 0.112. The maximum atomic E-state index is 11.9. The molecule has 1 aromatic rings. The molecule has 0 bridgehead atoms. The number of carbonyl (C=O) groups is 2. The molecule has 0 spiro atoms. The van der Waals surface area contributed by atoms with Crippen molar-refractivity contribution in [3.05, 3.63) is 35.4 Å². The first-order valence-electron chi connectivity index (χ1n) is 16.3. The van der Waals surface area contributed by atoms with Gasteiger partial charge in [0.05, 0.1) is 112 Å². The van der Waals surface area contributed by atoms with Gasteiger partial charge in [-0.2, -0.15) is 0 Å². The van der Waals surface area contributed by atoms with Crippen LogP contribution in [-0.4, -0.2) is 130 Å². The van der Waals surface area contributed by atoms with Crippen LogP contribution in [0.2, 0.25) is 0 Å².